The average Bonchev–Trinajstić information content (AvgIpc) is 2.49. The first-order valence-electron chi connectivity index (χ1n) is 7.85. The molecule has 2 aliphatic rings. The number of nitrogens with one attached hydrogen (secondary N) is 1. The number of rotatable bonds is 2. The van der Waals surface area contributed by atoms with E-state index in [0.717, 1.165) is 25.3 Å². The van der Waals surface area contributed by atoms with Gasteiger partial charge in [0.2, 0.25) is 0 Å². The first-order chi connectivity index (χ1) is 9.72. The molecule has 1 N–H and O–H groups in total. The Morgan fingerprint density at radius 2 is 2.05 bits per heavy atom. The van der Waals surface area contributed by atoms with E-state index in [1.54, 1.807) is 6.07 Å². The maximum absolute atomic E-state index is 13.9. The normalized spacial score (nSPS) is 34.3. The number of halogens is 1. The monoisotopic (exact) mass is 277 g/mol. The molecule has 0 bridgehead atoms. The van der Waals surface area contributed by atoms with Gasteiger partial charge in [0.1, 0.15) is 5.82 Å². The van der Waals surface area contributed by atoms with Gasteiger partial charge in [-0.05, 0) is 37.7 Å². The van der Waals surface area contributed by atoms with Crippen molar-refractivity contribution in [3.8, 4) is 0 Å². The quantitative estimate of drug-likeness (QED) is 0.887. The molecule has 0 amide bonds. The summed E-state index contributed by atoms with van der Waals surface area (Å²) in [5.41, 5.74) is 0.619. The Bertz CT molecular complexity index is 454. The molecule has 20 heavy (non-hydrogen) atoms. The zero-order chi connectivity index (χ0) is 14.0. The molecule has 110 valence electrons. The fraction of sp³-hybridized carbons (Fsp3) is 0.647. The second kappa shape index (κ2) is 5.82. The van der Waals surface area contributed by atoms with Gasteiger partial charge in [-0.2, -0.15) is 0 Å². The minimum atomic E-state index is -0.154. The molecule has 1 aliphatic heterocycles. The molecule has 1 heterocycles. The molecule has 1 saturated carbocycles. The maximum Gasteiger partial charge on any atom is 0.129 e. The molecule has 0 radical (unpaired) electrons. The van der Waals surface area contributed by atoms with Crippen molar-refractivity contribution in [2.24, 2.45) is 5.92 Å². The van der Waals surface area contributed by atoms with Crippen LogP contribution in [0.1, 0.15) is 50.7 Å². The SMILES string of the molecule is CCC1CCC2(CC1)CNCC(c1ccccc1F)O2. The average molecular weight is 277 g/mol. The van der Waals surface area contributed by atoms with E-state index in [9.17, 15) is 4.39 Å². The highest BCUT2D eigenvalue weighted by Crippen LogP contribution is 2.40. The van der Waals surface area contributed by atoms with Crippen molar-refractivity contribution in [2.45, 2.75) is 50.7 Å². The van der Waals surface area contributed by atoms with Crippen LogP contribution in [-0.2, 0) is 4.74 Å². The van der Waals surface area contributed by atoms with E-state index < -0.39 is 0 Å². The summed E-state index contributed by atoms with van der Waals surface area (Å²) >= 11 is 0. The van der Waals surface area contributed by atoms with Gasteiger partial charge >= 0.3 is 0 Å². The van der Waals surface area contributed by atoms with E-state index in [4.69, 9.17) is 4.74 Å². The fourth-order valence-corrected chi connectivity index (χ4v) is 3.63. The molecule has 3 rings (SSSR count). The molecule has 1 aliphatic carbocycles. The van der Waals surface area contributed by atoms with Crippen LogP contribution in [-0.4, -0.2) is 18.7 Å². The van der Waals surface area contributed by atoms with Gasteiger partial charge in [-0.15, -0.1) is 0 Å². The number of hydrogen-bond donors (Lipinski definition) is 1. The van der Waals surface area contributed by atoms with Crippen LogP contribution in [0.15, 0.2) is 24.3 Å². The largest absolute Gasteiger partial charge is 0.364 e. The summed E-state index contributed by atoms with van der Waals surface area (Å²) in [7, 11) is 0. The molecule has 1 atom stereocenters. The standard InChI is InChI=1S/C17H24FNO/c1-2-13-7-9-17(10-8-13)12-19-11-16(20-17)14-5-3-4-6-15(14)18/h3-6,13,16,19H,2,7-12H2,1H3. The third-order valence-corrected chi connectivity index (χ3v) is 5.02. The molecule has 1 aromatic carbocycles. The van der Waals surface area contributed by atoms with E-state index in [2.05, 4.69) is 12.2 Å². The van der Waals surface area contributed by atoms with Gasteiger partial charge in [-0.3, -0.25) is 0 Å². The van der Waals surface area contributed by atoms with Crippen LogP contribution >= 0.6 is 0 Å². The molecule has 1 aromatic rings. The predicted molar refractivity (Wildman–Crippen MR) is 78.1 cm³/mol. The van der Waals surface area contributed by atoms with Crippen molar-refractivity contribution in [3.05, 3.63) is 35.6 Å². The number of ether oxygens (including phenoxy) is 1. The van der Waals surface area contributed by atoms with Crippen LogP contribution in [0.4, 0.5) is 4.39 Å². The molecule has 2 nitrogen and oxygen atoms in total. The highest BCUT2D eigenvalue weighted by atomic mass is 19.1. The summed E-state index contributed by atoms with van der Waals surface area (Å²) in [4.78, 5) is 0. The number of hydrogen-bond acceptors (Lipinski definition) is 2. The Balaban J connectivity index is 1.72. The highest BCUT2D eigenvalue weighted by Gasteiger charge is 2.40. The van der Waals surface area contributed by atoms with Gasteiger partial charge in [-0.1, -0.05) is 31.5 Å². The first-order valence-corrected chi connectivity index (χ1v) is 7.85. The third-order valence-electron chi connectivity index (χ3n) is 5.02. The van der Waals surface area contributed by atoms with Gasteiger partial charge in [-0.25, -0.2) is 4.39 Å². The summed E-state index contributed by atoms with van der Waals surface area (Å²) in [6, 6.07) is 6.99. The number of benzene rings is 1. The van der Waals surface area contributed by atoms with Crippen LogP contribution in [0.25, 0.3) is 0 Å². The Morgan fingerprint density at radius 1 is 1.30 bits per heavy atom. The van der Waals surface area contributed by atoms with Gasteiger partial charge in [0.25, 0.3) is 0 Å². The Morgan fingerprint density at radius 3 is 2.75 bits per heavy atom. The van der Waals surface area contributed by atoms with Crippen molar-refractivity contribution < 1.29 is 9.13 Å². The van der Waals surface area contributed by atoms with Crippen LogP contribution in [0.2, 0.25) is 0 Å². The molecule has 1 saturated heterocycles. The molecule has 1 spiro atoms. The summed E-state index contributed by atoms with van der Waals surface area (Å²) in [6.07, 6.45) is 5.79. The van der Waals surface area contributed by atoms with E-state index >= 15 is 0 Å². The topological polar surface area (TPSA) is 21.3 Å². The predicted octanol–water partition coefficient (Wildman–Crippen LogP) is 3.83. The molecular weight excluding hydrogens is 253 g/mol. The van der Waals surface area contributed by atoms with Crippen LogP contribution in [0, 0.1) is 11.7 Å². The van der Waals surface area contributed by atoms with Crippen molar-refractivity contribution in [1.29, 1.82) is 0 Å². The van der Waals surface area contributed by atoms with E-state index in [0.29, 0.717) is 12.1 Å². The van der Waals surface area contributed by atoms with Gasteiger partial charge in [0.05, 0.1) is 11.7 Å². The van der Waals surface area contributed by atoms with Crippen LogP contribution < -0.4 is 5.32 Å². The first kappa shape index (κ1) is 14.0. The molecule has 0 aromatic heterocycles. The van der Waals surface area contributed by atoms with E-state index in [-0.39, 0.29) is 17.5 Å². The van der Waals surface area contributed by atoms with Crippen molar-refractivity contribution in [2.75, 3.05) is 13.1 Å². The third kappa shape index (κ3) is 2.75. The lowest BCUT2D eigenvalue weighted by Gasteiger charge is -2.46. The van der Waals surface area contributed by atoms with Gasteiger partial charge in [0.15, 0.2) is 0 Å². The molecule has 1 unspecified atom stereocenters. The van der Waals surface area contributed by atoms with E-state index in [1.807, 2.05) is 12.1 Å². The summed E-state index contributed by atoms with van der Waals surface area (Å²) in [6.45, 7) is 3.89. The summed E-state index contributed by atoms with van der Waals surface area (Å²) in [5, 5.41) is 3.46. The Labute approximate surface area is 120 Å². The lowest BCUT2D eigenvalue weighted by molar-refractivity contribution is -0.142. The van der Waals surface area contributed by atoms with Gasteiger partial charge < -0.3 is 10.1 Å². The lowest BCUT2D eigenvalue weighted by atomic mass is 9.77. The maximum atomic E-state index is 13.9. The van der Waals surface area contributed by atoms with Crippen LogP contribution in [0.5, 0.6) is 0 Å². The van der Waals surface area contributed by atoms with Crippen molar-refractivity contribution in [3.63, 3.8) is 0 Å². The second-order valence-electron chi connectivity index (χ2n) is 6.29. The van der Waals surface area contributed by atoms with Crippen molar-refractivity contribution >= 4 is 0 Å². The fourth-order valence-electron chi connectivity index (χ4n) is 3.63. The van der Waals surface area contributed by atoms with Crippen molar-refractivity contribution in [1.82, 2.24) is 5.32 Å². The summed E-state index contributed by atoms with van der Waals surface area (Å²) < 4.78 is 20.3. The molecule has 3 heteroatoms. The van der Waals surface area contributed by atoms with Crippen LogP contribution in [0.3, 0.4) is 0 Å². The lowest BCUT2D eigenvalue weighted by Crippen LogP contribution is -2.52. The minimum Gasteiger partial charge on any atom is -0.364 e. The van der Waals surface area contributed by atoms with E-state index in [1.165, 1.54) is 25.3 Å². The zero-order valence-electron chi connectivity index (χ0n) is 12.2. The Kier molecular flexibility index (Phi) is 4.08. The number of morpholine rings is 1. The van der Waals surface area contributed by atoms with Gasteiger partial charge in [0, 0.05) is 18.7 Å². The molecule has 2 fully saturated rings. The highest BCUT2D eigenvalue weighted by molar-refractivity contribution is 5.21. The zero-order valence-corrected chi connectivity index (χ0v) is 12.2. The second-order valence-corrected chi connectivity index (χ2v) is 6.29. The minimum absolute atomic E-state index is 0.0726. The summed E-state index contributed by atoms with van der Waals surface area (Å²) in [5.74, 6) is 0.691. The smallest absolute Gasteiger partial charge is 0.129 e. The Hall–Kier alpha value is -0.930. The molecular formula is C17H24FNO.